The lowest BCUT2D eigenvalue weighted by Crippen LogP contribution is -1.80. The van der Waals surface area contributed by atoms with Crippen LogP contribution >= 0.6 is 0 Å². The second-order valence-electron chi connectivity index (χ2n) is 2.31. The third kappa shape index (κ3) is 5.48. The van der Waals surface area contributed by atoms with E-state index in [2.05, 4.69) is 20.4 Å². The maximum Gasteiger partial charge on any atom is 0.0887 e. The van der Waals surface area contributed by atoms with E-state index in [4.69, 9.17) is 0 Å². The zero-order chi connectivity index (χ0) is 7.11. The standard InChI is InChI=1S/C9H16/c1-4-6-8-9(3)7-5-2/h1-8H2. The van der Waals surface area contributed by atoms with Crippen LogP contribution in [0.3, 0.4) is 0 Å². The zero-order valence-electron chi connectivity index (χ0n) is 6.16. The minimum absolute atomic E-state index is 0.982. The Labute approximate surface area is 59.0 Å². The number of hydrogen-bond donors (Lipinski definition) is 0. The van der Waals surface area contributed by atoms with Crippen LogP contribution in [0, 0.1) is 13.8 Å². The first kappa shape index (κ1) is 8.61. The lowest BCUT2D eigenvalue weighted by Gasteiger charge is -2.00. The summed E-state index contributed by atoms with van der Waals surface area (Å²) in [5, 5.41) is 0. The molecule has 0 amide bonds. The molecule has 0 aromatic rings. The first-order valence-electron chi connectivity index (χ1n) is 3.56. The molecule has 0 rings (SSSR count). The average Bonchev–Trinajstić information content (AvgIpc) is 1.85. The molecule has 0 aliphatic heterocycles. The van der Waals surface area contributed by atoms with Gasteiger partial charge in [-0.3, -0.25) is 0 Å². The monoisotopic (exact) mass is 124 g/mol. The molecule has 0 nitrogen and oxygen atoms in total. The van der Waals surface area contributed by atoms with Crippen molar-refractivity contribution in [3.05, 3.63) is 26.0 Å². The first-order chi connectivity index (χ1) is 4.31. The highest BCUT2D eigenvalue weighted by molar-refractivity contribution is 4.93. The van der Waals surface area contributed by atoms with E-state index < -0.39 is 0 Å². The quantitative estimate of drug-likeness (QED) is 0.390. The van der Waals surface area contributed by atoms with Crippen molar-refractivity contribution in [1.82, 2.24) is 0 Å². The van der Waals surface area contributed by atoms with Gasteiger partial charge in [0.05, 0.1) is 13.3 Å². The van der Waals surface area contributed by atoms with Crippen LogP contribution in [0.1, 0.15) is 32.1 Å². The van der Waals surface area contributed by atoms with Crippen LogP contribution in [-0.2, 0) is 0 Å². The van der Waals surface area contributed by atoms with Crippen molar-refractivity contribution in [2.45, 2.75) is 32.1 Å². The van der Waals surface area contributed by atoms with Crippen LogP contribution < -0.4 is 0 Å². The second kappa shape index (κ2) is 5.74. The lowest BCUT2D eigenvalue weighted by atomic mass is 10.1. The third-order valence-electron chi connectivity index (χ3n) is 1.31. The Morgan fingerprint density at radius 2 is 2.11 bits per heavy atom. The smallest absolute Gasteiger partial charge is 0.0887 e. The highest BCUT2D eigenvalue weighted by atomic mass is 14.0. The van der Waals surface area contributed by atoms with E-state index in [-0.39, 0.29) is 0 Å². The van der Waals surface area contributed by atoms with Crippen molar-refractivity contribution in [2.75, 3.05) is 0 Å². The summed E-state index contributed by atoms with van der Waals surface area (Å²) < 4.78 is 0. The molecule has 0 N–H and O–H groups in total. The van der Waals surface area contributed by atoms with Crippen molar-refractivity contribution >= 4 is 0 Å². The highest BCUT2D eigenvalue weighted by Gasteiger charge is 1.91. The van der Waals surface area contributed by atoms with Gasteiger partial charge in [-0.1, -0.05) is 18.6 Å². The number of unbranched alkanes of at least 4 members (excludes halogenated alkanes) is 1. The molecule has 0 unspecified atom stereocenters. The van der Waals surface area contributed by atoms with Gasteiger partial charge in [0.1, 0.15) is 0 Å². The van der Waals surface area contributed by atoms with Crippen molar-refractivity contribution in [1.29, 1.82) is 0 Å². The summed E-state index contributed by atoms with van der Waals surface area (Å²) >= 11 is 0. The molecular formula is C9H16. The van der Waals surface area contributed by atoms with Gasteiger partial charge in [-0.15, -0.1) is 0 Å². The van der Waals surface area contributed by atoms with E-state index in [0.717, 1.165) is 25.7 Å². The lowest BCUT2D eigenvalue weighted by molar-refractivity contribution is 0.787. The molecule has 9 heavy (non-hydrogen) atoms. The Morgan fingerprint density at radius 3 is 2.56 bits per heavy atom. The molecule has 0 spiro atoms. The van der Waals surface area contributed by atoms with Gasteiger partial charge < -0.3 is 6.92 Å². The van der Waals surface area contributed by atoms with E-state index in [1.54, 1.807) is 0 Å². The van der Waals surface area contributed by atoms with E-state index >= 15 is 0 Å². The van der Waals surface area contributed by atoms with Gasteiger partial charge in [0, 0.05) is 6.42 Å². The molecule has 0 aromatic heterocycles. The third-order valence-corrected chi connectivity index (χ3v) is 1.31. The summed E-state index contributed by atoms with van der Waals surface area (Å²) in [5.74, 6) is 0. The Bertz CT molecular complexity index is 72.1. The van der Waals surface area contributed by atoms with Gasteiger partial charge >= 0.3 is 0 Å². The van der Waals surface area contributed by atoms with Gasteiger partial charge in [0.25, 0.3) is 0 Å². The molecule has 0 saturated carbocycles. The topological polar surface area (TPSA) is 0 Å². The number of allylic oxidation sites excluding steroid dienone is 1. The van der Waals surface area contributed by atoms with Crippen LogP contribution in [0.2, 0.25) is 0 Å². The molecule has 0 aliphatic carbocycles. The zero-order valence-corrected chi connectivity index (χ0v) is 6.16. The molecule has 0 bridgehead atoms. The summed E-state index contributed by atoms with van der Waals surface area (Å²) in [6.45, 7) is 11.4. The summed E-state index contributed by atoms with van der Waals surface area (Å²) in [6, 6.07) is 0. The highest BCUT2D eigenvalue weighted by Crippen LogP contribution is 2.09. The molecule has 0 heteroatoms. The van der Waals surface area contributed by atoms with Crippen LogP contribution in [0.15, 0.2) is 12.2 Å². The summed E-state index contributed by atoms with van der Waals surface area (Å²) in [4.78, 5) is 0. The van der Waals surface area contributed by atoms with Gasteiger partial charge in [-0.05, 0) is 6.42 Å². The summed E-state index contributed by atoms with van der Waals surface area (Å²) in [6.07, 6.45) is 5.41. The van der Waals surface area contributed by atoms with Crippen molar-refractivity contribution < 1.29 is 0 Å². The fourth-order valence-electron chi connectivity index (χ4n) is 0.750. The molecule has 0 aliphatic rings. The number of hydrogen-bond acceptors (Lipinski definition) is 0. The molecule has 0 heterocycles. The van der Waals surface area contributed by atoms with Crippen LogP contribution in [0.4, 0.5) is 0 Å². The van der Waals surface area contributed by atoms with E-state index in [1.165, 1.54) is 12.0 Å². The predicted octanol–water partition coefficient (Wildman–Crippen LogP) is 3.16. The van der Waals surface area contributed by atoms with Crippen LogP contribution in [0.5, 0.6) is 0 Å². The van der Waals surface area contributed by atoms with Gasteiger partial charge in [0.15, 0.2) is 0 Å². The van der Waals surface area contributed by atoms with Crippen molar-refractivity contribution in [3.63, 3.8) is 0 Å². The molecule has 0 atom stereocenters. The Hall–Kier alpha value is -0.390. The van der Waals surface area contributed by atoms with Crippen LogP contribution in [-0.4, -0.2) is 0 Å². The number of rotatable bonds is 5. The van der Waals surface area contributed by atoms with E-state index in [0.29, 0.717) is 0 Å². The van der Waals surface area contributed by atoms with Gasteiger partial charge in [-0.25, -0.2) is 0 Å². The fourth-order valence-corrected chi connectivity index (χ4v) is 0.750. The van der Waals surface area contributed by atoms with Gasteiger partial charge in [-0.2, -0.15) is 6.42 Å². The molecule has 0 fully saturated rings. The Balaban J connectivity index is 3.06. The maximum atomic E-state index is 3.91. The van der Waals surface area contributed by atoms with E-state index in [9.17, 15) is 0 Å². The van der Waals surface area contributed by atoms with Crippen LogP contribution in [0.25, 0.3) is 0 Å². The predicted molar refractivity (Wildman–Crippen MR) is 42.9 cm³/mol. The molecule has 0 saturated heterocycles. The largest absolute Gasteiger partial charge is 0.343 e. The molecule has 0 aromatic carbocycles. The average molecular weight is 124 g/mol. The summed E-state index contributed by atoms with van der Waals surface area (Å²) in [7, 11) is 0. The molecule has 0 radical (unpaired) electrons. The first-order valence-corrected chi connectivity index (χ1v) is 3.56. The van der Waals surface area contributed by atoms with Gasteiger partial charge in [0.2, 0.25) is 0 Å². The fraction of sp³-hybridized carbons (Fsp3) is 0.556. The minimum Gasteiger partial charge on any atom is -0.343 e. The molecular weight excluding hydrogens is 108 g/mol. The van der Waals surface area contributed by atoms with Crippen molar-refractivity contribution in [2.24, 2.45) is 0 Å². The SMILES string of the molecule is C=C(CC[CH2+])CCC[CH2-]. The molecule has 52 valence electrons. The normalized spacial score (nSPS) is 9.44. The summed E-state index contributed by atoms with van der Waals surface area (Å²) in [5.41, 5.74) is 1.33. The minimum atomic E-state index is 0.982. The maximum absolute atomic E-state index is 3.91. The van der Waals surface area contributed by atoms with Crippen molar-refractivity contribution in [3.8, 4) is 0 Å². The van der Waals surface area contributed by atoms with E-state index in [1.807, 2.05) is 0 Å². The Morgan fingerprint density at radius 1 is 1.44 bits per heavy atom. The Kier molecular flexibility index (Phi) is 5.49. The second-order valence-corrected chi connectivity index (χ2v) is 2.31.